The average molecular weight is 387 g/mol. The normalized spacial score (nSPS) is 15.7. The molecule has 1 saturated heterocycles. The minimum Gasteiger partial charge on any atom is -0.338 e. The molecule has 0 saturated carbocycles. The third-order valence-corrected chi connectivity index (χ3v) is 5.35. The Morgan fingerprint density at radius 1 is 0.897 bits per heavy atom. The molecule has 0 aliphatic carbocycles. The summed E-state index contributed by atoms with van der Waals surface area (Å²) < 4.78 is 0. The van der Waals surface area contributed by atoms with Crippen LogP contribution in [0.15, 0.2) is 73.1 Å². The second kappa shape index (κ2) is 8.84. The summed E-state index contributed by atoms with van der Waals surface area (Å²) in [4.78, 5) is 26.0. The van der Waals surface area contributed by atoms with Crippen LogP contribution in [0, 0.1) is 0 Å². The number of amides is 1. The molecule has 1 N–H and O–H groups in total. The lowest BCUT2D eigenvalue weighted by molar-refractivity contribution is -0.120. The molecule has 29 heavy (non-hydrogen) atoms. The maximum Gasteiger partial charge on any atom is 0.241 e. The fourth-order valence-electron chi connectivity index (χ4n) is 3.63. The number of nitrogens with one attached hydrogen (secondary N) is 1. The molecule has 6 heteroatoms. The number of carbonyl (C=O) groups excluding carboxylic acids is 1. The highest BCUT2D eigenvalue weighted by Crippen LogP contribution is 2.27. The lowest BCUT2D eigenvalue weighted by Crippen LogP contribution is -2.53. The van der Waals surface area contributed by atoms with E-state index in [0.717, 1.165) is 48.9 Å². The molecule has 1 aliphatic rings. The number of hydrogen-bond acceptors (Lipinski definition) is 5. The van der Waals surface area contributed by atoms with Gasteiger partial charge in [0.25, 0.3) is 0 Å². The monoisotopic (exact) mass is 387 g/mol. The summed E-state index contributed by atoms with van der Waals surface area (Å²) >= 11 is 0. The van der Waals surface area contributed by atoms with Gasteiger partial charge in [-0.3, -0.25) is 9.69 Å². The molecule has 1 aliphatic heterocycles. The van der Waals surface area contributed by atoms with E-state index in [9.17, 15) is 4.79 Å². The molecule has 0 bridgehead atoms. The number of benzene rings is 2. The number of aromatic nitrogens is 2. The van der Waals surface area contributed by atoms with Crippen molar-refractivity contribution >= 4 is 17.5 Å². The summed E-state index contributed by atoms with van der Waals surface area (Å²) in [5.41, 5.74) is 2.96. The zero-order valence-corrected chi connectivity index (χ0v) is 16.5. The van der Waals surface area contributed by atoms with E-state index in [1.54, 1.807) is 12.4 Å². The van der Waals surface area contributed by atoms with Crippen molar-refractivity contribution in [3.8, 4) is 11.1 Å². The average Bonchev–Trinajstić information content (AvgIpc) is 2.80. The molecule has 0 radical (unpaired) electrons. The van der Waals surface area contributed by atoms with E-state index >= 15 is 0 Å². The maximum absolute atomic E-state index is 13.0. The molecule has 4 rings (SSSR count). The van der Waals surface area contributed by atoms with Gasteiger partial charge in [0, 0.05) is 49.8 Å². The van der Waals surface area contributed by atoms with Crippen LogP contribution in [-0.4, -0.2) is 53.0 Å². The summed E-state index contributed by atoms with van der Waals surface area (Å²) in [7, 11) is 0. The van der Waals surface area contributed by atoms with Crippen molar-refractivity contribution in [1.29, 1.82) is 0 Å². The summed E-state index contributed by atoms with van der Waals surface area (Å²) in [6.07, 6.45) is 3.52. The van der Waals surface area contributed by atoms with Crippen molar-refractivity contribution in [3.63, 3.8) is 0 Å². The molecule has 1 aromatic heterocycles. The van der Waals surface area contributed by atoms with Gasteiger partial charge in [-0.1, -0.05) is 48.5 Å². The topological polar surface area (TPSA) is 61.4 Å². The van der Waals surface area contributed by atoms with Crippen LogP contribution in [0.1, 0.15) is 6.92 Å². The number of anilines is 2. The summed E-state index contributed by atoms with van der Waals surface area (Å²) in [5, 5.41) is 3.13. The van der Waals surface area contributed by atoms with E-state index in [-0.39, 0.29) is 11.9 Å². The van der Waals surface area contributed by atoms with Gasteiger partial charge in [-0.15, -0.1) is 0 Å². The first kappa shape index (κ1) is 19.1. The molecule has 3 aromatic rings. The largest absolute Gasteiger partial charge is 0.338 e. The molecule has 6 nitrogen and oxygen atoms in total. The number of nitrogens with zero attached hydrogens (tertiary/aromatic N) is 4. The van der Waals surface area contributed by atoms with Gasteiger partial charge in [0.2, 0.25) is 11.9 Å². The van der Waals surface area contributed by atoms with Gasteiger partial charge in [0.1, 0.15) is 0 Å². The van der Waals surface area contributed by atoms with Crippen LogP contribution in [0.4, 0.5) is 11.6 Å². The Kier molecular flexibility index (Phi) is 5.81. The zero-order valence-electron chi connectivity index (χ0n) is 16.5. The van der Waals surface area contributed by atoms with Crippen LogP contribution in [0.3, 0.4) is 0 Å². The third kappa shape index (κ3) is 4.43. The van der Waals surface area contributed by atoms with Gasteiger partial charge in [-0.2, -0.15) is 0 Å². The lowest BCUT2D eigenvalue weighted by atomic mass is 10.0. The van der Waals surface area contributed by atoms with Crippen molar-refractivity contribution in [3.05, 3.63) is 73.1 Å². The Morgan fingerprint density at radius 3 is 2.28 bits per heavy atom. The third-order valence-electron chi connectivity index (χ3n) is 5.35. The van der Waals surface area contributed by atoms with Crippen LogP contribution >= 0.6 is 0 Å². The van der Waals surface area contributed by atoms with Crippen molar-refractivity contribution in [2.45, 2.75) is 13.0 Å². The fraction of sp³-hybridized carbons (Fsp3) is 0.261. The first-order valence-corrected chi connectivity index (χ1v) is 9.94. The Bertz CT molecular complexity index is 940. The fourth-order valence-corrected chi connectivity index (χ4v) is 3.63. The molecule has 1 fully saturated rings. The maximum atomic E-state index is 13.0. The van der Waals surface area contributed by atoms with E-state index in [0.29, 0.717) is 0 Å². The van der Waals surface area contributed by atoms with E-state index in [2.05, 4.69) is 37.2 Å². The first-order valence-electron chi connectivity index (χ1n) is 9.94. The zero-order chi connectivity index (χ0) is 20.1. The van der Waals surface area contributed by atoms with Crippen molar-refractivity contribution in [1.82, 2.24) is 14.9 Å². The van der Waals surface area contributed by atoms with E-state index < -0.39 is 0 Å². The molecular formula is C23H25N5O. The van der Waals surface area contributed by atoms with Crippen LogP contribution in [0.25, 0.3) is 11.1 Å². The smallest absolute Gasteiger partial charge is 0.241 e. The summed E-state index contributed by atoms with van der Waals surface area (Å²) in [6, 6.07) is 19.7. The van der Waals surface area contributed by atoms with Gasteiger partial charge in [0.15, 0.2) is 0 Å². The Labute approximate surface area is 171 Å². The highest BCUT2D eigenvalue weighted by molar-refractivity contribution is 5.98. The number of hydrogen-bond donors (Lipinski definition) is 1. The second-order valence-corrected chi connectivity index (χ2v) is 7.15. The van der Waals surface area contributed by atoms with Crippen molar-refractivity contribution < 1.29 is 4.79 Å². The molecule has 2 aromatic carbocycles. The minimum absolute atomic E-state index is 0.0118. The Balaban J connectivity index is 1.40. The van der Waals surface area contributed by atoms with Crippen LogP contribution < -0.4 is 10.2 Å². The Morgan fingerprint density at radius 2 is 1.55 bits per heavy atom. The van der Waals surface area contributed by atoms with Crippen LogP contribution in [-0.2, 0) is 4.79 Å². The van der Waals surface area contributed by atoms with Gasteiger partial charge >= 0.3 is 0 Å². The lowest BCUT2D eigenvalue weighted by Gasteiger charge is -2.37. The van der Waals surface area contributed by atoms with Gasteiger partial charge in [-0.05, 0) is 24.6 Å². The highest BCUT2D eigenvalue weighted by Gasteiger charge is 2.26. The predicted octanol–water partition coefficient (Wildman–Crippen LogP) is 3.29. The standard InChI is InChI=1S/C23H25N5O/c1-18(27-14-16-28(17-15-27)23-24-12-7-13-25-23)22(29)26-21-11-6-5-10-20(21)19-8-3-2-4-9-19/h2-13,18H,14-17H2,1H3,(H,26,29)/t18-/m0/s1. The predicted molar refractivity (Wildman–Crippen MR) is 116 cm³/mol. The number of piperazine rings is 1. The molecular weight excluding hydrogens is 362 g/mol. The number of rotatable bonds is 5. The van der Waals surface area contributed by atoms with Crippen LogP contribution in [0.5, 0.6) is 0 Å². The number of para-hydroxylation sites is 1. The second-order valence-electron chi connectivity index (χ2n) is 7.15. The van der Waals surface area contributed by atoms with Gasteiger partial charge < -0.3 is 10.2 Å². The van der Waals surface area contributed by atoms with E-state index in [1.165, 1.54) is 0 Å². The van der Waals surface area contributed by atoms with Gasteiger partial charge in [-0.25, -0.2) is 9.97 Å². The SMILES string of the molecule is C[C@@H](C(=O)Nc1ccccc1-c1ccccc1)N1CCN(c2ncccn2)CC1. The minimum atomic E-state index is -0.210. The summed E-state index contributed by atoms with van der Waals surface area (Å²) in [6.45, 7) is 5.18. The molecule has 0 spiro atoms. The molecule has 1 amide bonds. The van der Waals surface area contributed by atoms with Gasteiger partial charge in [0.05, 0.1) is 6.04 Å². The van der Waals surface area contributed by atoms with E-state index in [1.807, 2.05) is 55.5 Å². The van der Waals surface area contributed by atoms with Crippen molar-refractivity contribution in [2.24, 2.45) is 0 Å². The molecule has 1 atom stereocenters. The number of carbonyl (C=O) groups is 1. The van der Waals surface area contributed by atoms with Crippen LogP contribution in [0.2, 0.25) is 0 Å². The van der Waals surface area contributed by atoms with Crippen molar-refractivity contribution in [2.75, 3.05) is 36.4 Å². The quantitative estimate of drug-likeness (QED) is 0.728. The molecule has 0 unspecified atom stereocenters. The summed E-state index contributed by atoms with van der Waals surface area (Å²) in [5.74, 6) is 0.763. The Hall–Kier alpha value is -3.25. The molecule has 2 heterocycles. The van der Waals surface area contributed by atoms with E-state index in [4.69, 9.17) is 0 Å². The first-order chi connectivity index (χ1) is 14.2. The molecule has 148 valence electrons. The highest BCUT2D eigenvalue weighted by atomic mass is 16.2.